The van der Waals surface area contributed by atoms with E-state index >= 15 is 0 Å². The molecule has 0 aliphatic carbocycles. The van der Waals surface area contributed by atoms with Gasteiger partial charge in [0.2, 0.25) is 5.88 Å². The monoisotopic (exact) mass is 225 g/mol. The molecule has 0 fully saturated rings. The molecule has 0 saturated carbocycles. The van der Waals surface area contributed by atoms with Gasteiger partial charge in [0.15, 0.2) is 5.58 Å². The summed E-state index contributed by atoms with van der Waals surface area (Å²) in [5, 5.41) is 4.18. The summed E-state index contributed by atoms with van der Waals surface area (Å²) in [7, 11) is 0. The molecule has 84 valence electrons. The van der Waals surface area contributed by atoms with E-state index in [1.807, 2.05) is 36.4 Å². The van der Waals surface area contributed by atoms with E-state index in [2.05, 4.69) is 10.3 Å². The predicted molar refractivity (Wildman–Crippen MR) is 68.1 cm³/mol. The zero-order valence-corrected chi connectivity index (χ0v) is 9.05. The quantitative estimate of drug-likeness (QED) is 0.703. The van der Waals surface area contributed by atoms with Crippen LogP contribution in [0.15, 0.2) is 53.2 Å². The first-order valence-corrected chi connectivity index (χ1v) is 5.28. The number of fused-ring (bicyclic) bond motifs is 1. The van der Waals surface area contributed by atoms with Crippen LogP contribution in [0.3, 0.4) is 0 Å². The Hall–Kier alpha value is -2.49. The summed E-state index contributed by atoms with van der Waals surface area (Å²) in [6.45, 7) is 0. The molecule has 0 spiro atoms. The van der Waals surface area contributed by atoms with Gasteiger partial charge in [-0.1, -0.05) is 18.2 Å². The van der Waals surface area contributed by atoms with Crippen molar-refractivity contribution in [3.63, 3.8) is 0 Å². The van der Waals surface area contributed by atoms with Crippen molar-refractivity contribution in [2.75, 3.05) is 11.1 Å². The highest BCUT2D eigenvalue weighted by Gasteiger charge is 2.11. The highest BCUT2D eigenvalue weighted by molar-refractivity contribution is 5.97. The Labute approximate surface area is 98.1 Å². The minimum absolute atomic E-state index is 0.372. The van der Waals surface area contributed by atoms with Gasteiger partial charge in [0.1, 0.15) is 5.69 Å². The van der Waals surface area contributed by atoms with Crippen LogP contribution >= 0.6 is 0 Å². The lowest BCUT2D eigenvalue weighted by molar-refractivity contribution is 0.636. The lowest BCUT2D eigenvalue weighted by Crippen LogP contribution is -1.92. The zero-order chi connectivity index (χ0) is 11.7. The lowest BCUT2D eigenvalue weighted by atomic mass is 10.2. The molecule has 3 aromatic rings. The van der Waals surface area contributed by atoms with Gasteiger partial charge in [-0.25, -0.2) is 0 Å². The number of pyridine rings is 1. The number of para-hydroxylation sites is 1. The number of aromatic nitrogens is 1. The van der Waals surface area contributed by atoms with Crippen molar-refractivity contribution >= 4 is 28.2 Å². The first kappa shape index (κ1) is 9.72. The molecule has 1 aromatic carbocycles. The number of anilines is 3. The van der Waals surface area contributed by atoms with Crippen molar-refractivity contribution in [2.45, 2.75) is 0 Å². The Balaban J connectivity index is 2.08. The van der Waals surface area contributed by atoms with Gasteiger partial charge in [-0.15, -0.1) is 0 Å². The fourth-order valence-electron chi connectivity index (χ4n) is 1.76. The molecule has 3 N–H and O–H groups in total. The molecule has 0 radical (unpaired) electrons. The largest absolute Gasteiger partial charge is 0.437 e. The molecule has 2 aromatic heterocycles. The highest BCUT2D eigenvalue weighted by atomic mass is 16.3. The summed E-state index contributed by atoms with van der Waals surface area (Å²) < 4.78 is 5.42. The third-order valence-electron chi connectivity index (χ3n) is 2.56. The highest BCUT2D eigenvalue weighted by Crippen LogP contribution is 2.34. The van der Waals surface area contributed by atoms with Gasteiger partial charge in [0.05, 0.1) is 6.20 Å². The second kappa shape index (κ2) is 3.83. The van der Waals surface area contributed by atoms with E-state index < -0.39 is 0 Å². The summed E-state index contributed by atoms with van der Waals surface area (Å²) in [5.74, 6) is 0.372. The third kappa shape index (κ3) is 1.69. The number of benzene rings is 1. The van der Waals surface area contributed by atoms with Crippen LogP contribution in [0.4, 0.5) is 17.3 Å². The summed E-state index contributed by atoms with van der Waals surface area (Å²) in [6, 6.07) is 11.7. The molecule has 3 rings (SSSR count). The maximum absolute atomic E-state index is 5.84. The van der Waals surface area contributed by atoms with E-state index in [1.54, 1.807) is 12.4 Å². The Kier molecular flexibility index (Phi) is 2.19. The van der Waals surface area contributed by atoms with Crippen molar-refractivity contribution in [1.29, 1.82) is 0 Å². The number of furan rings is 1. The lowest BCUT2D eigenvalue weighted by Gasteiger charge is -2.04. The number of nitrogens with one attached hydrogen (secondary N) is 1. The van der Waals surface area contributed by atoms with Crippen LogP contribution in [0.25, 0.3) is 11.0 Å². The minimum atomic E-state index is 0.372. The fourth-order valence-corrected chi connectivity index (χ4v) is 1.76. The Morgan fingerprint density at radius 3 is 2.76 bits per heavy atom. The molecular formula is C13H11N3O. The van der Waals surface area contributed by atoms with Crippen LogP contribution in [-0.2, 0) is 0 Å². The van der Waals surface area contributed by atoms with Crippen molar-refractivity contribution < 1.29 is 4.42 Å². The number of rotatable bonds is 2. The standard InChI is InChI=1S/C13H11N3O/c14-13-12(16-9-4-2-1-3-5-9)10-6-7-15-8-11(10)17-13/h1-8,16H,14H2. The Bertz CT molecular complexity index is 646. The molecule has 0 unspecified atom stereocenters. The molecule has 0 aliphatic heterocycles. The number of nitrogens with two attached hydrogens (primary N) is 1. The SMILES string of the molecule is Nc1oc2cnccc2c1Nc1ccccc1. The van der Waals surface area contributed by atoms with Crippen LogP contribution in [0.2, 0.25) is 0 Å². The van der Waals surface area contributed by atoms with Gasteiger partial charge in [-0.05, 0) is 18.2 Å². The topological polar surface area (TPSA) is 64.1 Å². The van der Waals surface area contributed by atoms with Crippen LogP contribution in [0.1, 0.15) is 0 Å². The first-order valence-electron chi connectivity index (χ1n) is 5.28. The average Bonchev–Trinajstić information content (AvgIpc) is 2.68. The molecule has 2 heterocycles. The van der Waals surface area contributed by atoms with E-state index in [1.165, 1.54) is 0 Å². The molecule has 17 heavy (non-hydrogen) atoms. The van der Waals surface area contributed by atoms with Crippen LogP contribution < -0.4 is 11.1 Å². The fraction of sp³-hybridized carbons (Fsp3) is 0. The van der Waals surface area contributed by atoms with Crippen molar-refractivity contribution in [2.24, 2.45) is 0 Å². The van der Waals surface area contributed by atoms with Crippen LogP contribution in [-0.4, -0.2) is 4.98 Å². The van der Waals surface area contributed by atoms with Crippen LogP contribution in [0, 0.1) is 0 Å². The second-order valence-electron chi connectivity index (χ2n) is 3.70. The molecule has 0 aliphatic rings. The Morgan fingerprint density at radius 1 is 1.12 bits per heavy atom. The zero-order valence-electron chi connectivity index (χ0n) is 9.05. The number of nitrogen functional groups attached to an aromatic ring is 1. The van der Waals surface area contributed by atoms with Crippen molar-refractivity contribution in [3.05, 3.63) is 48.8 Å². The number of nitrogens with zero attached hydrogens (tertiary/aromatic N) is 1. The molecular weight excluding hydrogens is 214 g/mol. The van der Waals surface area contributed by atoms with Gasteiger partial charge >= 0.3 is 0 Å². The molecule has 4 nitrogen and oxygen atoms in total. The molecule has 0 bridgehead atoms. The maximum atomic E-state index is 5.84. The van der Waals surface area contributed by atoms with Crippen molar-refractivity contribution in [3.8, 4) is 0 Å². The van der Waals surface area contributed by atoms with E-state index in [-0.39, 0.29) is 0 Å². The molecule has 4 heteroatoms. The average molecular weight is 225 g/mol. The number of hydrogen-bond acceptors (Lipinski definition) is 4. The summed E-state index contributed by atoms with van der Waals surface area (Å²) in [4.78, 5) is 4.00. The minimum Gasteiger partial charge on any atom is -0.437 e. The van der Waals surface area contributed by atoms with Gasteiger partial charge in [0, 0.05) is 17.3 Å². The summed E-state index contributed by atoms with van der Waals surface area (Å²) >= 11 is 0. The van der Waals surface area contributed by atoms with Crippen molar-refractivity contribution in [1.82, 2.24) is 4.98 Å². The predicted octanol–water partition coefficient (Wildman–Crippen LogP) is 3.15. The number of hydrogen-bond donors (Lipinski definition) is 2. The van der Waals surface area contributed by atoms with E-state index in [0.29, 0.717) is 11.5 Å². The summed E-state index contributed by atoms with van der Waals surface area (Å²) in [6.07, 6.45) is 3.37. The Morgan fingerprint density at radius 2 is 1.94 bits per heavy atom. The second-order valence-corrected chi connectivity index (χ2v) is 3.70. The molecule has 0 atom stereocenters. The maximum Gasteiger partial charge on any atom is 0.215 e. The summed E-state index contributed by atoms with van der Waals surface area (Å²) in [5.41, 5.74) is 8.28. The normalized spacial score (nSPS) is 10.6. The molecule has 0 amide bonds. The van der Waals surface area contributed by atoms with Gasteiger partial charge in [0.25, 0.3) is 0 Å². The smallest absolute Gasteiger partial charge is 0.215 e. The van der Waals surface area contributed by atoms with E-state index in [0.717, 1.165) is 16.8 Å². The van der Waals surface area contributed by atoms with Gasteiger partial charge in [-0.3, -0.25) is 4.98 Å². The first-order chi connectivity index (χ1) is 8.34. The third-order valence-corrected chi connectivity index (χ3v) is 2.56. The van der Waals surface area contributed by atoms with E-state index in [4.69, 9.17) is 10.2 Å². The van der Waals surface area contributed by atoms with Crippen LogP contribution in [0.5, 0.6) is 0 Å². The van der Waals surface area contributed by atoms with Gasteiger partial charge < -0.3 is 15.5 Å². The van der Waals surface area contributed by atoms with Gasteiger partial charge in [-0.2, -0.15) is 0 Å². The van der Waals surface area contributed by atoms with E-state index in [9.17, 15) is 0 Å². The molecule has 0 saturated heterocycles.